The van der Waals surface area contributed by atoms with E-state index in [1.807, 2.05) is 12.1 Å². The second-order valence-corrected chi connectivity index (χ2v) is 4.60. The SMILES string of the molecule is Cc1noc([C@H](C)OC(=O)c2cccc3ncccc23)n1. The summed E-state index contributed by atoms with van der Waals surface area (Å²) in [5, 5.41) is 4.43. The van der Waals surface area contributed by atoms with E-state index < -0.39 is 12.1 Å². The molecule has 6 nitrogen and oxygen atoms in total. The number of carbonyl (C=O) groups excluding carboxylic acids is 1. The average molecular weight is 283 g/mol. The molecule has 2 aromatic heterocycles. The van der Waals surface area contributed by atoms with Gasteiger partial charge in [0, 0.05) is 11.6 Å². The van der Waals surface area contributed by atoms with E-state index in [2.05, 4.69) is 15.1 Å². The van der Waals surface area contributed by atoms with Gasteiger partial charge in [0.2, 0.25) is 0 Å². The molecule has 0 aliphatic carbocycles. The van der Waals surface area contributed by atoms with Crippen LogP contribution >= 0.6 is 0 Å². The molecule has 2 heterocycles. The monoisotopic (exact) mass is 283 g/mol. The minimum atomic E-state index is -0.606. The zero-order valence-corrected chi connectivity index (χ0v) is 11.6. The van der Waals surface area contributed by atoms with E-state index in [0.29, 0.717) is 11.4 Å². The molecule has 0 spiro atoms. The van der Waals surface area contributed by atoms with E-state index in [4.69, 9.17) is 9.26 Å². The Hall–Kier alpha value is -2.76. The van der Waals surface area contributed by atoms with Crippen LogP contribution < -0.4 is 0 Å². The van der Waals surface area contributed by atoms with Crippen LogP contribution in [0.5, 0.6) is 0 Å². The number of fused-ring (bicyclic) bond motifs is 1. The van der Waals surface area contributed by atoms with Crippen molar-refractivity contribution in [3.8, 4) is 0 Å². The number of carbonyl (C=O) groups is 1. The molecule has 0 saturated carbocycles. The zero-order valence-electron chi connectivity index (χ0n) is 11.6. The van der Waals surface area contributed by atoms with Crippen molar-refractivity contribution in [3.63, 3.8) is 0 Å². The van der Waals surface area contributed by atoms with Gasteiger partial charge in [-0.3, -0.25) is 4.98 Å². The third kappa shape index (κ3) is 2.60. The average Bonchev–Trinajstić information content (AvgIpc) is 2.93. The molecular formula is C15H13N3O3. The van der Waals surface area contributed by atoms with Gasteiger partial charge in [0.25, 0.3) is 5.89 Å². The molecule has 1 aromatic carbocycles. The van der Waals surface area contributed by atoms with Crippen LogP contribution in [0.2, 0.25) is 0 Å². The van der Waals surface area contributed by atoms with Crippen molar-refractivity contribution in [2.45, 2.75) is 20.0 Å². The normalized spacial score (nSPS) is 12.3. The highest BCUT2D eigenvalue weighted by Gasteiger charge is 2.20. The van der Waals surface area contributed by atoms with Crippen molar-refractivity contribution in [1.82, 2.24) is 15.1 Å². The maximum absolute atomic E-state index is 12.3. The number of rotatable bonds is 3. The van der Waals surface area contributed by atoms with Crippen molar-refractivity contribution in [2.24, 2.45) is 0 Å². The van der Waals surface area contributed by atoms with Crippen LogP contribution in [-0.4, -0.2) is 21.1 Å². The molecule has 0 saturated heterocycles. The summed E-state index contributed by atoms with van der Waals surface area (Å²) in [6.07, 6.45) is 1.08. The Bertz CT molecular complexity index is 792. The van der Waals surface area contributed by atoms with E-state index in [1.165, 1.54) is 0 Å². The van der Waals surface area contributed by atoms with E-state index >= 15 is 0 Å². The molecule has 0 unspecified atom stereocenters. The number of esters is 1. The van der Waals surface area contributed by atoms with E-state index in [1.54, 1.807) is 38.2 Å². The van der Waals surface area contributed by atoms with Crippen LogP contribution in [0.3, 0.4) is 0 Å². The van der Waals surface area contributed by atoms with Crippen LogP contribution in [-0.2, 0) is 4.74 Å². The van der Waals surface area contributed by atoms with Gasteiger partial charge in [0.1, 0.15) is 0 Å². The Labute approximate surface area is 120 Å². The summed E-state index contributed by atoms with van der Waals surface area (Å²) in [5.74, 6) is 0.332. The van der Waals surface area contributed by atoms with E-state index in [9.17, 15) is 4.79 Å². The Kier molecular flexibility index (Phi) is 3.35. The van der Waals surface area contributed by atoms with Gasteiger partial charge in [0.15, 0.2) is 11.9 Å². The van der Waals surface area contributed by atoms with E-state index in [-0.39, 0.29) is 5.89 Å². The van der Waals surface area contributed by atoms with Crippen LogP contribution in [0.1, 0.15) is 35.1 Å². The third-order valence-electron chi connectivity index (χ3n) is 3.04. The largest absolute Gasteiger partial charge is 0.449 e. The number of ether oxygens (including phenoxy) is 1. The van der Waals surface area contributed by atoms with Crippen LogP contribution in [0, 0.1) is 6.92 Å². The summed E-state index contributed by atoms with van der Waals surface area (Å²) in [7, 11) is 0. The summed E-state index contributed by atoms with van der Waals surface area (Å²) < 4.78 is 10.4. The molecular weight excluding hydrogens is 270 g/mol. The van der Waals surface area contributed by atoms with Gasteiger partial charge < -0.3 is 9.26 Å². The van der Waals surface area contributed by atoms with Crippen LogP contribution in [0.4, 0.5) is 0 Å². The number of hydrogen-bond acceptors (Lipinski definition) is 6. The summed E-state index contributed by atoms with van der Waals surface area (Å²) in [6.45, 7) is 3.39. The molecule has 0 bridgehead atoms. The maximum Gasteiger partial charge on any atom is 0.339 e. The smallest absolute Gasteiger partial charge is 0.339 e. The third-order valence-corrected chi connectivity index (χ3v) is 3.04. The van der Waals surface area contributed by atoms with Gasteiger partial charge in [0.05, 0.1) is 11.1 Å². The minimum absolute atomic E-state index is 0.277. The van der Waals surface area contributed by atoms with Crippen molar-refractivity contribution in [1.29, 1.82) is 0 Å². The number of aromatic nitrogens is 3. The summed E-state index contributed by atoms with van der Waals surface area (Å²) in [6, 6.07) is 8.94. The lowest BCUT2D eigenvalue weighted by molar-refractivity contribution is 0.0268. The zero-order chi connectivity index (χ0) is 14.8. The topological polar surface area (TPSA) is 78.1 Å². The highest BCUT2D eigenvalue weighted by Crippen LogP contribution is 2.21. The Morgan fingerprint density at radius 2 is 2.14 bits per heavy atom. The van der Waals surface area contributed by atoms with Gasteiger partial charge in [-0.1, -0.05) is 17.3 Å². The lowest BCUT2D eigenvalue weighted by atomic mass is 10.1. The molecule has 1 atom stereocenters. The predicted octanol–water partition coefficient (Wildman–Crippen LogP) is 2.84. The van der Waals surface area contributed by atoms with Gasteiger partial charge in [-0.2, -0.15) is 4.98 Å². The first-order chi connectivity index (χ1) is 10.1. The first-order valence-electron chi connectivity index (χ1n) is 6.50. The van der Waals surface area contributed by atoms with Crippen LogP contribution in [0.25, 0.3) is 10.9 Å². The fraction of sp³-hybridized carbons (Fsp3) is 0.200. The second kappa shape index (κ2) is 5.32. The fourth-order valence-corrected chi connectivity index (χ4v) is 2.03. The molecule has 0 amide bonds. The summed E-state index contributed by atoms with van der Waals surface area (Å²) in [5.41, 5.74) is 1.21. The Balaban J connectivity index is 1.87. The first-order valence-corrected chi connectivity index (χ1v) is 6.50. The van der Waals surface area contributed by atoms with Gasteiger partial charge >= 0.3 is 5.97 Å². The van der Waals surface area contributed by atoms with Crippen molar-refractivity contribution in [3.05, 3.63) is 53.8 Å². The second-order valence-electron chi connectivity index (χ2n) is 4.60. The number of nitrogens with zero attached hydrogens (tertiary/aromatic N) is 3. The minimum Gasteiger partial charge on any atom is -0.449 e. The van der Waals surface area contributed by atoms with Crippen LogP contribution in [0.15, 0.2) is 41.1 Å². The number of benzene rings is 1. The molecule has 3 rings (SSSR count). The summed E-state index contributed by atoms with van der Waals surface area (Å²) >= 11 is 0. The van der Waals surface area contributed by atoms with Crippen molar-refractivity contribution >= 4 is 16.9 Å². The van der Waals surface area contributed by atoms with Gasteiger partial charge in [-0.25, -0.2) is 4.79 Å². The van der Waals surface area contributed by atoms with Crippen molar-refractivity contribution in [2.75, 3.05) is 0 Å². The van der Waals surface area contributed by atoms with Gasteiger partial charge in [-0.05, 0) is 32.0 Å². The molecule has 106 valence electrons. The standard InChI is InChI=1S/C15H13N3O3/c1-9(14-17-10(2)18-21-14)20-15(19)12-5-3-7-13-11(12)6-4-8-16-13/h3-9H,1-2H3/t9-/m0/s1. The molecule has 0 radical (unpaired) electrons. The lowest BCUT2D eigenvalue weighted by Crippen LogP contribution is -2.10. The highest BCUT2D eigenvalue weighted by molar-refractivity contribution is 6.03. The highest BCUT2D eigenvalue weighted by atomic mass is 16.6. The molecule has 3 aromatic rings. The summed E-state index contributed by atoms with van der Waals surface area (Å²) in [4.78, 5) is 20.6. The number of aryl methyl sites for hydroxylation is 1. The molecule has 21 heavy (non-hydrogen) atoms. The van der Waals surface area contributed by atoms with Crippen molar-refractivity contribution < 1.29 is 14.1 Å². The molecule has 0 N–H and O–H groups in total. The molecule has 0 aliphatic rings. The van der Waals surface area contributed by atoms with E-state index in [0.717, 1.165) is 10.9 Å². The lowest BCUT2D eigenvalue weighted by Gasteiger charge is -2.10. The maximum atomic E-state index is 12.3. The number of hydrogen-bond donors (Lipinski definition) is 0. The van der Waals surface area contributed by atoms with Gasteiger partial charge in [-0.15, -0.1) is 0 Å². The predicted molar refractivity (Wildman–Crippen MR) is 74.6 cm³/mol. The first kappa shape index (κ1) is 13.2. The fourth-order valence-electron chi connectivity index (χ4n) is 2.03. The molecule has 0 fully saturated rings. The molecule has 0 aliphatic heterocycles. The number of pyridine rings is 1. The molecule has 6 heteroatoms. The Morgan fingerprint density at radius 1 is 1.29 bits per heavy atom. The Morgan fingerprint density at radius 3 is 2.90 bits per heavy atom. The quantitative estimate of drug-likeness (QED) is 0.688.